The largest absolute Gasteiger partial charge is 0.478 e. The first kappa shape index (κ1) is 12.7. The van der Waals surface area contributed by atoms with Crippen LogP contribution >= 0.6 is 0 Å². The highest BCUT2D eigenvalue weighted by Gasteiger charge is 2.21. The monoisotopic (exact) mass is 274 g/mol. The number of H-pyrrole nitrogens is 1. The van der Waals surface area contributed by atoms with E-state index in [4.69, 9.17) is 5.11 Å². The van der Waals surface area contributed by atoms with Crippen LogP contribution in [0.2, 0.25) is 0 Å². The van der Waals surface area contributed by atoms with Crippen molar-refractivity contribution in [2.24, 2.45) is 5.92 Å². The van der Waals surface area contributed by atoms with Gasteiger partial charge in [0.1, 0.15) is 0 Å². The number of nitrogens with zero attached hydrogens (tertiary/aromatic N) is 1. The van der Waals surface area contributed by atoms with E-state index in [9.17, 15) is 14.4 Å². The van der Waals surface area contributed by atoms with Gasteiger partial charge in [0.05, 0.1) is 16.6 Å². The zero-order valence-electron chi connectivity index (χ0n) is 10.8. The molecule has 2 aromatic rings. The molecule has 2 N–H and O–H groups in total. The molecule has 0 radical (unpaired) electrons. The van der Waals surface area contributed by atoms with Crippen LogP contribution in [0.25, 0.3) is 11.0 Å². The van der Waals surface area contributed by atoms with Crippen LogP contribution in [0.1, 0.15) is 29.6 Å². The summed E-state index contributed by atoms with van der Waals surface area (Å²) in [6.45, 7) is 0.451. The molecule has 1 aromatic heterocycles. The summed E-state index contributed by atoms with van der Waals surface area (Å²) in [6.07, 6.45) is 3.17. The molecule has 0 atom stereocenters. The summed E-state index contributed by atoms with van der Waals surface area (Å²) in [5, 5.41) is 9.03. The highest BCUT2D eigenvalue weighted by molar-refractivity contribution is 5.92. The average Bonchev–Trinajstić information content (AvgIpc) is 3.23. The summed E-state index contributed by atoms with van der Waals surface area (Å²) < 4.78 is 1.39. The van der Waals surface area contributed by atoms with E-state index < -0.39 is 17.1 Å². The summed E-state index contributed by atoms with van der Waals surface area (Å²) in [5.41, 5.74) is -0.244. The van der Waals surface area contributed by atoms with Crippen LogP contribution in [0.4, 0.5) is 0 Å². The Bertz CT molecular complexity index is 799. The first-order valence-electron chi connectivity index (χ1n) is 6.56. The molecular formula is C14H14N2O4. The molecule has 3 rings (SSSR count). The molecule has 1 heterocycles. The van der Waals surface area contributed by atoms with Gasteiger partial charge in [-0.15, -0.1) is 0 Å². The van der Waals surface area contributed by atoms with E-state index in [1.165, 1.54) is 22.8 Å². The van der Waals surface area contributed by atoms with Crippen molar-refractivity contribution >= 4 is 17.0 Å². The second-order valence-electron chi connectivity index (χ2n) is 5.18. The van der Waals surface area contributed by atoms with Gasteiger partial charge in [-0.2, -0.15) is 0 Å². The highest BCUT2D eigenvalue weighted by Crippen LogP contribution is 2.32. The zero-order chi connectivity index (χ0) is 14.3. The van der Waals surface area contributed by atoms with E-state index in [2.05, 4.69) is 4.98 Å². The molecule has 1 aliphatic rings. The van der Waals surface area contributed by atoms with E-state index in [0.717, 1.165) is 19.3 Å². The van der Waals surface area contributed by atoms with Crippen LogP contribution in [0.15, 0.2) is 27.8 Å². The third-order valence-corrected chi connectivity index (χ3v) is 3.68. The number of aryl methyl sites for hydroxylation is 1. The van der Waals surface area contributed by atoms with Crippen LogP contribution in [0.5, 0.6) is 0 Å². The maximum Gasteiger partial charge on any atom is 0.335 e. The summed E-state index contributed by atoms with van der Waals surface area (Å²) in [7, 11) is 0. The number of carboxylic acids is 1. The maximum absolute atomic E-state index is 12.0. The van der Waals surface area contributed by atoms with Crippen molar-refractivity contribution in [2.45, 2.75) is 25.8 Å². The molecule has 0 bridgehead atoms. The smallest absolute Gasteiger partial charge is 0.335 e. The molecule has 1 aliphatic carbocycles. The van der Waals surface area contributed by atoms with Crippen molar-refractivity contribution in [3.05, 3.63) is 44.5 Å². The molecule has 104 valence electrons. The number of hydrogen-bond acceptors (Lipinski definition) is 3. The highest BCUT2D eigenvalue weighted by atomic mass is 16.4. The van der Waals surface area contributed by atoms with Gasteiger partial charge in [-0.05, 0) is 30.5 Å². The van der Waals surface area contributed by atoms with Gasteiger partial charge in [-0.3, -0.25) is 9.59 Å². The van der Waals surface area contributed by atoms with Crippen LogP contribution in [-0.4, -0.2) is 20.6 Å². The van der Waals surface area contributed by atoms with Gasteiger partial charge in [0.25, 0.3) is 0 Å². The Morgan fingerprint density at radius 2 is 2.10 bits per heavy atom. The van der Waals surface area contributed by atoms with E-state index in [1.54, 1.807) is 0 Å². The Labute approximate surface area is 113 Å². The number of benzene rings is 1. The van der Waals surface area contributed by atoms with E-state index in [-0.39, 0.29) is 5.56 Å². The second kappa shape index (κ2) is 4.63. The lowest BCUT2D eigenvalue weighted by Gasteiger charge is -2.09. The number of carboxylic acid groups (broad SMARTS) is 1. The first-order chi connectivity index (χ1) is 9.56. The number of nitrogens with one attached hydrogen (secondary N) is 1. The minimum absolute atomic E-state index is 0.101. The van der Waals surface area contributed by atoms with Crippen molar-refractivity contribution < 1.29 is 9.90 Å². The number of aromatic nitrogens is 2. The number of carbonyl (C=O) groups is 1. The number of rotatable bonds is 4. The third-order valence-electron chi connectivity index (χ3n) is 3.68. The van der Waals surface area contributed by atoms with Crippen LogP contribution in [-0.2, 0) is 6.54 Å². The fraction of sp³-hybridized carbons (Fsp3) is 0.357. The Hall–Kier alpha value is -2.37. The molecule has 0 amide bonds. The predicted octanol–water partition coefficient (Wildman–Crippen LogP) is 1.19. The molecule has 0 spiro atoms. The lowest BCUT2D eigenvalue weighted by molar-refractivity contribution is 0.0697. The number of hydrogen-bond donors (Lipinski definition) is 2. The fourth-order valence-electron chi connectivity index (χ4n) is 2.34. The SMILES string of the molecule is O=C(O)c1ccc2[nH]c(=O)c(=O)n(CCC3CC3)c2c1. The predicted molar refractivity (Wildman–Crippen MR) is 73.1 cm³/mol. The average molecular weight is 274 g/mol. The van der Waals surface area contributed by atoms with Gasteiger partial charge in [0.15, 0.2) is 0 Å². The van der Waals surface area contributed by atoms with Crippen molar-refractivity contribution in [3.63, 3.8) is 0 Å². The molecule has 6 nitrogen and oxygen atoms in total. The number of aromatic amines is 1. The molecule has 20 heavy (non-hydrogen) atoms. The van der Waals surface area contributed by atoms with Gasteiger partial charge in [-0.1, -0.05) is 12.8 Å². The normalized spacial score (nSPS) is 14.6. The van der Waals surface area contributed by atoms with Crippen LogP contribution in [0.3, 0.4) is 0 Å². The maximum atomic E-state index is 12.0. The van der Waals surface area contributed by atoms with Gasteiger partial charge < -0.3 is 14.7 Å². The van der Waals surface area contributed by atoms with Crippen molar-refractivity contribution in [1.82, 2.24) is 9.55 Å². The zero-order valence-corrected chi connectivity index (χ0v) is 10.8. The van der Waals surface area contributed by atoms with Gasteiger partial charge >= 0.3 is 17.1 Å². The quantitative estimate of drug-likeness (QED) is 0.819. The number of aromatic carboxylic acids is 1. The molecule has 1 fully saturated rings. The summed E-state index contributed by atoms with van der Waals surface area (Å²) in [4.78, 5) is 37.1. The topological polar surface area (TPSA) is 92.2 Å². The Kier molecular flexibility index (Phi) is 2.93. The molecular weight excluding hydrogens is 260 g/mol. The summed E-state index contributed by atoms with van der Waals surface area (Å²) in [6, 6.07) is 4.37. The van der Waals surface area contributed by atoms with Crippen molar-refractivity contribution in [3.8, 4) is 0 Å². The third kappa shape index (κ3) is 2.24. The molecule has 0 aliphatic heterocycles. The van der Waals surface area contributed by atoms with Gasteiger partial charge in [-0.25, -0.2) is 4.79 Å². The lowest BCUT2D eigenvalue weighted by Crippen LogP contribution is -2.36. The van der Waals surface area contributed by atoms with E-state index >= 15 is 0 Å². The van der Waals surface area contributed by atoms with E-state index in [0.29, 0.717) is 23.5 Å². The van der Waals surface area contributed by atoms with Crippen LogP contribution in [0, 0.1) is 5.92 Å². The minimum Gasteiger partial charge on any atom is -0.478 e. The van der Waals surface area contributed by atoms with Crippen molar-refractivity contribution in [2.75, 3.05) is 0 Å². The molecule has 0 unspecified atom stereocenters. The first-order valence-corrected chi connectivity index (χ1v) is 6.56. The molecule has 0 saturated heterocycles. The van der Waals surface area contributed by atoms with Crippen molar-refractivity contribution in [1.29, 1.82) is 0 Å². The summed E-state index contributed by atoms with van der Waals surface area (Å²) in [5.74, 6) is -0.432. The minimum atomic E-state index is -1.06. The molecule has 6 heteroatoms. The Balaban J connectivity index is 2.17. The Morgan fingerprint density at radius 3 is 2.75 bits per heavy atom. The van der Waals surface area contributed by atoms with E-state index in [1.807, 2.05) is 0 Å². The Morgan fingerprint density at radius 1 is 1.35 bits per heavy atom. The van der Waals surface area contributed by atoms with Gasteiger partial charge in [0, 0.05) is 6.54 Å². The second-order valence-corrected chi connectivity index (χ2v) is 5.18. The molecule has 1 aromatic carbocycles. The number of fused-ring (bicyclic) bond motifs is 1. The molecule has 1 saturated carbocycles. The van der Waals surface area contributed by atoms with Crippen LogP contribution < -0.4 is 11.1 Å². The summed E-state index contributed by atoms with van der Waals surface area (Å²) >= 11 is 0. The standard InChI is InChI=1S/C14H14N2O4/c17-12-13(18)16(6-5-8-1-2-8)11-7-9(14(19)20)3-4-10(11)15-12/h3-4,7-8H,1-2,5-6H2,(H,15,17)(H,19,20). The lowest BCUT2D eigenvalue weighted by atomic mass is 10.2. The van der Waals surface area contributed by atoms with Gasteiger partial charge in [0.2, 0.25) is 0 Å². The fourth-order valence-corrected chi connectivity index (χ4v) is 2.34.